The van der Waals surface area contributed by atoms with E-state index in [1.54, 1.807) is 0 Å². The highest BCUT2D eigenvalue weighted by Crippen LogP contribution is 2.22. The molecule has 0 aromatic carbocycles. The average molecular weight is 262 g/mol. The molecule has 0 bridgehead atoms. The smallest absolute Gasteiger partial charge is 0.0963 e. The molecule has 4 nitrogen and oxygen atoms in total. The molecule has 0 spiro atoms. The van der Waals surface area contributed by atoms with Crippen molar-refractivity contribution >= 4 is 5.84 Å². The van der Waals surface area contributed by atoms with Gasteiger partial charge in [-0.05, 0) is 44.1 Å². The standard InChI is InChI=1S/C15H26N4/c1-15(2,14(16)17)8-4-5-11-19(3)12-13-6-9-18-10-7-13/h6-7,9-10H,4-5,8,11-12H2,1-3H3,(H3,16,17). The highest BCUT2D eigenvalue weighted by molar-refractivity contribution is 5.82. The number of hydrogen-bond donors (Lipinski definition) is 2. The van der Waals surface area contributed by atoms with E-state index < -0.39 is 0 Å². The van der Waals surface area contributed by atoms with Gasteiger partial charge in [-0.3, -0.25) is 10.4 Å². The minimum atomic E-state index is -0.163. The predicted octanol–water partition coefficient (Wildman–Crippen LogP) is 2.65. The zero-order chi connectivity index (χ0) is 14.3. The monoisotopic (exact) mass is 262 g/mol. The van der Waals surface area contributed by atoms with Gasteiger partial charge in [-0.15, -0.1) is 0 Å². The largest absolute Gasteiger partial charge is 0.387 e. The normalized spacial score (nSPS) is 11.8. The van der Waals surface area contributed by atoms with Crippen LogP contribution in [0.1, 0.15) is 38.7 Å². The number of hydrogen-bond acceptors (Lipinski definition) is 3. The maximum Gasteiger partial charge on any atom is 0.0963 e. The van der Waals surface area contributed by atoms with Crippen LogP contribution in [-0.2, 0) is 6.54 Å². The van der Waals surface area contributed by atoms with Crippen LogP contribution in [0.3, 0.4) is 0 Å². The molecule has 0 atom stereocenters. The van der Waals surface area contributed by atoms with E-state index in [-0.39, 0.29) is 11.3 Å². The first-order valence-corrected chi connectivity index (χ1v) is 6.84. The number of nitrogens with two attached hydrogens (primary N) is 1. The van der Waals surface area contributed by atoms with E-state index in [0.29, 0.717) is 0 Å². The number of nitrogens with one attached hydrogen (secondary N) is 1. The number of nitrogens with zero attached hydrogens (tertiary/aromatic N) is 2. The van der Waals surface area contributed by atoms with Crippen molar-refractivity contribution in [3.05, 3.63) is 30.1 Å². The Morgan fingerprint density at radius 2 is 1.95 bits per heavy atom. The molecule has 0 radical (unpaired) electrons. The molecule has 19 heavy (non-hydrogen) atoms. The van der Waals surface area contributed by atoms with E-state index in [0.717, 1.165) is 32.4 Å². The van der Waals surface area contributed by atoms with E-state index >= 15 is 0 Å². The molecule has 0 saturated heterocycles. The summed E-state index contributed by atoms with van der Waals surface area (Å²) < 4.78 is 0. The molecule has 0 aliphatic heterocycles. The first kappa shape index (κ1) is 15.6. The van der Waals surface area contributed by atoms with E-state index in [2.05, 4.69) is 29.1 Å². The Hall–Kier alpha value is -1.42. The van der Waals surface area contributed by atoms with E-state index in [4.69, 9.17) is 11.1 Å². The summed E-state index contributed by atoms with van der Waals surface area (Å²) in [5.41, 5.74) is 6.71. The van der Waals surface area contributed by atoms with Crippen LogP contribution in [0.5, 0.6) is 0 Å². The van der Waals surface area contributed by atoms with Crippen LogP contribution in [0.15, 0.2) is 24.5 Å². The lowest BCUT2D eigenvalue weighted by Crippen LogP contribution is -2.31. The third kappa shape index (κ3) is 5.83. The van der Waals surface area contributed by atoms with Gasteiger partial charge in [-0.1, -0.05) is 20.3 Å². The van der Waals surface area contributed by atoms with Crippen LogP contribution in [0.25, 0.3) is 0 Å². The van der Waals surface area contributed by atoms with Gasteiger partial charge in [-0.25, -0.2) is 0 Å². The summed E-state index contributed by atoms with van der Waals surface area (Å²) in [5.74, 6) is 0.289. The molecular weight excluding hydrogens is 236 g/mol. The molecule has 0 aliphatic carbocycles. The summed E-state index contributed by atoms with van der Waals surface area (Å²) in [4.78, 5) is 6.34. The highest BCUT2D eigenvalue weighted by Gasteiger charge is 2.20. The zero-order valence-corrected chi connectivity index (χ0v) is 12.3. The van der Waals surface area contributed by atoms with E-state index in [1.165, 1.54) is 5.56 Å². The van der Waals surface area contributed by atoms with Gasteiger partial charge in [0.25, 0.3) is 0 Å². The van der Waals surface area contributed by atoms with Gasteiger partial charge in [-0.2, -0.15) is 0 Å². The Labute approximate surface area is 116 Å². The first-order valence-electron chi connectivity index (χ1n) is 6.84. The fourth-order valence-electron chi connectivity index (χ4n) is 1.96. The summed E-state index contributed by atoms with van der Waals surface area (Å²) >= 11 is 0. The molecule has 1 heterocycles. The second kappa shape index (κ2) is 7.24. The lowest BCUT2D eigenvalue weighted by molar-refractivity contribution is 0.308. The minimum absolute atomic E-state index is 0.163. The van der Waals surface area contributed by atoms with Gasteiger partial charge in [0.15, 0.2) is 0 Å². The summed E-state index contributed by atoms with van der Waals surface area (Å²) in [6, 6.07) is 4.10. The highest BCUT2D eigenvalue weighted by atomic mass is 15.1. The van der Waals surface area contributed by atoms with Gasteiger partial charge >= 0.3 is 0 Å². The van der Waals surface area contributed by atoms with Crippen molar-refractivity contribution in [3.8, 4) is 0 Å². The van der Waals surface area contributed by atoms with Crippen molar-refractivity contribution in [1.82, 2.24) is 9.88 Å². The van der Waals surface area contributed by atoms with Crippen LogP contribution in [0.4, 0.5) is 0 Å². The zero-order valence-electron chi connectivity index (χ0n) is 12.3. The Kier molecular flexibility index (Phi) is 5.96. The Bertz CT molecular complexity index is 386. The van der Waals surface area contributed by atoms with Crippen molar-refractivity contribution < 1.29 is 0 Å². The van der Waals surface area contributed by atoms with Gasteiger partial charge in [0.1, 0.15) is 0 Å². The fourth-order valence-corrected chi connectivity index (χ4v) is 1.96. The van der Waals surface area contributed by atoms with E-state index in [9.17, 15) is 0 Å². The molecule has 1 aromatic rings. The van der Waals surface area contributed by atoms with Crippen LogP contribution in [-0.4, -0.2) is 29.3 Å². The molecule has 0 unspecified atom stereocenters. The molecule has 0 fully saturated rings. The average Bonchev–Trinajstić information content (AvgIpc) is 2.36. The molecule has 1 rings (SSSR count). The topological polar surface area (TPSA) is 66.0 Å². The van der Waals surface area contributed by atoms with Gasteiger partial charge < -0.3 is 10.6 Å². The summed E-state index contributed by atoms with van der Waals surface area (Å²) in [5, 5.41) is 7.53. The Balaban J connectivity index is 2.21. The van der Waals surface area contributed by atoms with Gasteiger partial charge in [0, 0.05) is 24.4 Å². The molecule has 0 amide bonds. The van der Waals surface area contributed by atoms with Crippen LogP contribution in [0.2, 0.25) is 0 Å². The van der Waals surface area contributed by atoms with Crippen LogP contribution < -0.4 is 5.73 Å². The maximum atomic E-state index is 7.53. The number of unbranched alkanes of at least 4 members (excludes halogenated alkanes) is 1. The van der Waals surface area contributed by atoms with Gasteiger partial charge in [0.2, 0.25) is 0 Å². The van der Waals surface area contributed by atoms with Gasteiger partial charge in [0.05, 0.1) is 5.84 Å². The molecular formula is C15H26N4. The Morgan fingerprint density at radius 3 is 2.53 bits per heavy atom. The number of rotatable bonds is 8. The maximum absolute atomic E-state index is 7.53. The molecule has 106 valence electrons. The van der Waals surface area contributed by atoms with Crippen molar-refractivity contribution in [2.75, 3.05) is 13.6 Å². The quantitative estimate of drug-likeness (QED) is 0.430. The molecule has 4 heteroatoms. The first-order chi connectivity index (χ1) is 8.92. The number of amidine groups is 1. The number of pyridine rings is 1. The molecule has 3 N–H and O–H groups in total. The van der Waals surface area contributed by atoms with Crippen molar-refractivity contribution in [2.24, 2.45) is 11.1 Å². The second-order valence-electron chi connectivity index (χ2n) is 5.85. The summed E-state index contributed by atoms with van der Waals surface area (Å²) in [6.07, 6.45) is 6.88. The van der Waals surface area contributed by atoms with Crippen molar-refractivity contribution in [2.45, 2.75) is 39.7 Å². The summed E-state index contributed by atoms with van der Waals surface area (Å²) in [7, 11) is 2.14. The lowest BCUT2D eigenvalue weighted by atomic mass is 9.86. The second-order valence-corrected chi connectivity index (χ2v) is 5.85. The molecule has 0 aliphatic rings. The minimum Gasteiger partial charge on any atom is -0.387 e. The van der Waals surface area contributed by atoms with E-state index in [1.807, 2.05) is 26.2 Å². The molecule has 1 aromatic heterocycles. The molecule has 0 saturated carbocycles. The lowest BCUT2D eigenvalue weighted by Gasteiger charge is -2.23. The van der Waals surface area contributed by atoms with Crippen LogP contribution in [0, 0.1) is 10.8 Å². The van der Waals surface area contributed by atoms with Crippen LogP contribution >= 0.6 is 0 Å². The van der Waals surface area contributed by atoms with Crippen molar-refractivity contribution in [3.63, 3.8) is 0 Å². The third-order valence-corrected chi connectivity index (χ3v) is 3.52. The third-order valence-electron chi connectivity index (χ3n) is 3.52. The Morgan fingerprint density at radius 1 is 1.32 bits per heavy atom. The van der Waals surface area contributed by atoms with Crippen molar-refractivity contribution in [1.29, 1.82) is 5.41 Å². The SMILES string of the molecule is CN(CCCCC(C)(C)C(=N)N)Cc1ccncc1. The summed E-state index contributed by atoms with van der Waals surface area (Å²) in [6.45, 7) is 6.10. The predicted molar refractivity (Wildman–Crippen MR) is 80.1 cm³/mol. The fraction of sp³-hybridized carbons (Fsp3) is 0.600. The number of aromatic nitrogens is 1.